The summed E-state index contributed by atoms with van der Waals surface area (Å²) in [5, 5.41) is 0.544. The van der Waals surface area contributed by atoms with Crippen LogP contribution in [0.1, 0.15) is 16.1 Å². The van der Waals surface area contributed by atoms with Gasteiger partial charge in [0.1, 0.15) is 18.2 Å². The van der Waals surface area contributed by atoms with E-state index in [4.69, 9.17) is 27.9 Å². The molecule has 7 nitrogen and oxygen atoms in total. The Labute approximate surface area is 193 Å². The van der Waals surface area contributed by atoms with E-state index in [2.05, 4.69) is 9.71 Å². The van der Waals surface area contributed by atoms with Crippen LogP contribution >= 0.6 is 23.2 Å². The molecule has 32 heavy (non-hydrogen) atoms. The predicted octanol–water partition coefficient (Wildman–Crippen LogP) is 4.68. The van der Waals surface area contributed by atoms with Crippen molar-refractivity contribution in [3.63, 3.8) is 0 Å². The molecule has 1 aliphatic heterocycles. The molecule has 0 aliphatic carbocycles. The molecule has 4 rings (SSSR count). The smallest absolute Gasteiger partial charge is 0.279 e. The molecule has 0 saturated heterocycles. The van der Waals surface area contributed by atoms with Crippen LogP contribution in [0.15, 0.2) is 53.6 Å². The molecule has 0 spiro atoms. The Kier molecular flexibility index (Phi) is 5.98. The molecule has 1 aromatic heterocycles. The highest BCUT2D eigenvalue weighted by Crippen LogP contribution is 2.34. The number of rotatable bonds is 4. The van der Waals surface area contributed by atoms with E-state index in [1.807, 2.05) is 0 Å². The van der Waals surface area contributed by atoms with Crippen LogP contribution in [0.3, 0.4) is 0 Å². The third kappa shape index (κ3) is 4.36. The second kappa shape index (κ2) is 8.57. The first-order valence-corrected chi connectivity index (χ1v) is 11.6. The van der Waals surface area contributed by atoms with Gasteiger partial charge in [0, 0.05) is 17.3 Å². The Morgan fingerprint density at radius 3 is 2.72 bits per heavy atom. The number of fused-ring (bicyclic) bond motifs is 1. The molecule has 1 amide bonds. The zero-order valence-corrected chi connectivity index (χ0v) is 18.9. The molecule has 1 aliphatic rings. The standard InChI is InChI=1S/C21H16Cl2FN3O4S/c1-12-8-15(3-4-16(12)23)32(29,30)26-17-9-13(22)11-25-20(17)21(28)27-6-7-31-19-5-2-14(24)10-18(19)27/h2-5,8-11,26H,6-7H2,1H3. The van der Waals surface area contributed by atoms with Crippen molar-refractivity contribution in [2.45, 2.75) is 11.8 Å². The fourth-order valence-electron chi connectivity index (χ4n) is 3.21. The van der Waals surface area contributed by atoms with Gasteiger partial charge in [-0.3, -0.25) is 14.4 Å². The number of sulfonamides is 1. The Morgan fingerprint density at radius 2 is 1.97 bits per heavy atom. The highest BCUT2D eigenvalue weighted by Gasteiger charge is 2.29. The van der Waals surface area contributed by atoms with Gasteiger partial charge in [0.2, 0.25) is 0 Å². The molecule has 0 saturated carbocycles. The number of anilines is 2. The Balaban J connectivity index is 1.73. The number of carbonyl (C=O) groups is 1. The molecule has 2 aromatic carbocycles. The van der Waals surface area contributed by atoms with Gasteiger partial charge < -0.3 is 4.74 Å². The van der Waals surface area contributed by atoms with E-state index in [1.54, 1.807) is 6.92 Å². The van der Waals surface area contributed by atoms with Crippen LogP contribution in [0.4, 0.5) is 15.8 Å². The number of hydrogen-bond donors (Lipinski definition) is 1. The number of nitrogens with one attached hydrogen (secondary N) is 1. The van der Waals surface area contributed by atoms with Crippen LogP contribution < -0.4 is 14.4 Å². The number of ether oxygens (including phenoxy) is 1. The van der Waals surface area contributed by atoms with Gasteiger partial charge in [-0.1, -0.05) is 23.2 Å². The molecule has 0 bridgehead atoms. The monoisotopic (exact) mass is 495 g/mol. The number of pyridine rings is 1. The van der Waals surface area contributed by atoms with Crippen molar-refractivity contribution in [3.05, 3.63) is 75.8 Å². The van der Waals surface area contributed by atoms with Crippen LogP contribution in [0.5, 0.6) is 5.75 Å². The highest BCUT2D eigenvalue weighted by atomic mass is 35.5. The zero-order chi connectivity index (χ0) is 23.0. The van der Waals surface area contributed by atoms with Crippen molar-refractivity contribution in [1.29, 1.82) is 0 Å². The molecule has 0 radical (unpaired) electrons. The lowest BCUT2D eigenvalue weighted by Gasteiger charge is -2.29. The maximum atomic E-state index is 13.8. The number of aromatic nitrogens is 1. The first-order chi connectivity index (χ1) is 15.2. The minimum absolute atomic E-state index is 0.0448. The van der Waals surface area contributed by atoms with E-state index in [0.717, 1.165) is 0 Å². The van der Waals surface area contributed by atoms with E-state index in [-0.39, 0.29) is 40.1 Å². The van der Waals surface area contributed by atoms with Crippen molar-refractivity contribution >= 4 is 50.5 Å². The van der Waals surface area contributed by atoms with Gasteiger partial charge in [0.05, 0.1) is 27.8 Å². The molecule has 2 heterocycles. The first-order valence-electron chi connectivity index (χ1n) is 9.34. The number of amides is 1. The van der Waals surface area contributed by atoms with Crippen LogP contribution in [0.2, 0.25) is 10.0 Å². The zero-order valence-electron chi connectivity index (χ0n) is 16.6. The minimum Gasteiger partial charge on any atom is -0.490 e. The second-order valence-electron chi connectivity index (χ2n) is 6.98. The summed E-state index contributed by atoms with van der Waals surface area (Å²) in [6.07, 6.45) is 1.23. The summed E-state index contributed by atoms with van der Waals surface area (Å²) in [5.41, 5.74) is 0.488. The van der Waals surface area contributed by atoms with E-state index in [1.165, 1.54) is 53.6 Å². The molecule has 3 aromatic rings. The maximum absolute atomic E-state index is 13.8. The molecule has 1 N–H and O–H groups in total. The number of halogens is 3. The molecule has 0 atom stereocenters. The maximum Gasteiger partial charge on any atom is 0.279 e. The third-order valence-corrected chi connectivity index (χ3v) is 6.76. The van der Waals surface area contributed by atoms with E-state index in [0.29, 0.717) is 16.3 Å². The molecular formula is C21H16Cl2FN3O4S. The number of aryl methyl sites for hydroxylation is 1. The largest absolute Gasteiger partial charge is 0.490 e. The first kappa shape index (κ1) is 22.3. The van der Waals surface area contributed by atoms with Gasteiger partial charge in [-0.05, 0) is 48.9 Å². The van der Waals surface area contributed by atoms with Crippen molar-refractivity contribution in [3.8, 4) is 5.75 Å². The summed E-state index contributed by atoms with van der Waals surface area (Å²) in [6, 6.07) is 9.32. The van der Waals surface area contributed by atoms with Gasteiger partial charge in [0.25, 0.3) is 15.9 Å². The van der Waals surface area contributed by atoms with Crippen LogP contribution in [-0.4, -0.2) is 32.5 Å². The topological polar surface area (TPSA) is 88.6 Å². The second-order valence-corrected chi connectivity index (χ2v) is 9.51. The minimum atomic E-state index is -4.09. The Hall–Kier alpha value is -2.88. The fourth-order valence-corrected chi connectivity index (χ4v) is 4.62. The summed E-state index contributed by atoms with van der Waals surface area (Å²) in [4.78, 5) is 18.6. The normalized spacial score (nSPS) is 13.3. The number of benzene rings is 2. The summed E-state index contributed by atoms with van der Waals surface area (Å²) in [6.45, 7) is 1.98. The number of hydrogen-bond acceptors (Lipinski definition) is 5. The Bertz CT molecular complexity index is 1330. The summed E-state index contributed by atoms with van der Waals surface area (Å²) in [5.74, 6) is -0.851. The third-order valence-electron chi connectivity index (χ3n) is 4.77. The van der Waals surface area contributed by atoms with Crippen molar-refractivity contribution in [2.24, 2.45) is 0 Å². The van der Waals surface area contributed by atoms with Gasteiger partial charge in [-0.2, -0.15) is 0 Å². The molecule has 0 unspecified atom stereocenters. The van der Waals surface area contributed by atoms with Gasteiger partial charge >= 0.3 is 0 Å². The lowest BCUT2D eigenvalue weighted by atomic mass is 10.2. The predicted molar refractivity (Wildman–Crippen MR) is 120 cm³/mol. The lowest BCUT2D eigenvalue weighted by Crippen LogP contribution is -2.39. The molecular weight excluding hydrogens is 480 g/mol. The van der Waals surface area contributed by atoms with Gasteiger partial charge in [-0.15, -0.1) is 0 Å². The molecule has 0 fully saturated rings. The SMILES string of the molecule is Cc1cc(S(=O)(=O)Nc2cc(Cl)cnc2C(=O)N2CCOc3ccc(F)cc32)ccc1Cl. The average molecular weight is 496 g/mol. The number of nitrogens with zero attached hydrogens (tertiary/aromatic N) is 2. The van der Waals surface area contributed by atoms with E-state index < -0.39 is 21.7 Å². The summed E-state index contributed by atoms with van der Waals surface area (Å²) < 4.78 is 47.6. The average Bonchev–Trinajstić information content (AvgIpc) is 2.74. The van der Waals surface area contributed by atoms with Gasteiger partial charge in [0.15, 0.2) is 5.69 Å². The molecule has 11 heteroatoms. The van der Waals surface area contributed by atoms with E-state index in [9.17, 15) is 17.6 Å². The Morgan fingerprint density at radius 1 is 1.19 bits per heavy atom. The van der Waals surface area contributed by atoms with Crippen molar-refractivity contribution in [2.75, 3.05) is 22.8 Å². The lowest BCUT2D eigenvalue weighted by molar-refractivity contribution is 0.0972. The van der Waals surface area contributed by atoms with Crippen LogP contribution in [-0.2, 0) is 10.0 Å². The molecule has 166 valence electrons. The van der Waals surface area contributed by atoms with Gasteiger partial charge in [-0.25, -0.2) is 17.8 Å². The number of carbonyl (C=O) groups excluding carboxylic acids is 1. The van der Waals surface area contributed by atoms with Crippen LogP contribution in [0, 0.1) is 12.7 Å². The van der Waals surface area contributed by atoms with E-state index >= 15 is 0 Å². The fraction of sp³-hybridized carbons (Fsp3) is 0.143. The van der Waals surface area contributed by atoms with Crippen molar-refractivity contribution < 1.29 is 22.3 Å². The summed E-state index contributed by atoms with van der Waals surface area (Å²) in [7, 11) is -4.09. The van der Waals surface area contributed by atoms with Crippen LogP contribution in [0.25, 0.3) is 0 Å². The van der Waals surface area contributed by atoms with Crippen molar-refractivity contribution in [1.82, 2.24) is 4.98 Å². The summed E-state index contributed by atoms with van der Waals surface area (Å²) >= 11 is 12.0. The highest BCUT2D eigenvalue weighted by molar-refractivity contribution is 7.92. The quantitative estimate of drug-likeness (QED) is 0.567.